The van der Waals surface area contributed by atoms with Crippen LogP contribution < -0.4 is 5.32 Å². The van der Waals surface area contributed by atoms with Crippen molar-refractivity contribution in [3.63, 3.8) is 0 Å². The number of para-hydroxylation sites is 2. The first-order chi connectivity index (χ1) is 14.7. The van der Waals surface area contributed by atoms with E-state index in [4.69, 9.17) is 4.98 Å². The molecular weight excluding hydrogens is 390 g/mol. The van der Waals surface area contributed by atoms with Crippen molar-refractivity contribution in [2.45, 2.75) is 31.7 Å². The van der Waals surface area contributed by atoms with Crippen molar-refractivity contribution in [3.05, 3.63) is 93.3 Å². The van der Waals surface area contributed by atoms with Crippen LogP contribution in [0.4, 0.5) is 5.95 Å². The highest BCUT2D eigenvalue weighted by atomic mass is 32.1. The number of hydrogen-bond donors (Lipinski definition) is 1. The Bertz CT molecular complexity index is 1300. The lowest BCUT2D eigenvalue weighted by molar-refractivity contribution is -0.116. The van der Waals surface area contributed by atoms with Crippen LogP contribution in [0.3, 0.4) is 0 Å². The number of benzene rings is 2. The number of rotatable bonds is 2. The van der Waals surface area contributed by atoms with Gasteiger partial charge in [0.25, 0.3) is 0 Å². The average molecular weight is 412 g/mol. The van der Waals surface area contributed by atoms with E-state index in [2.05, 4.69) is 64.7 Å². The van der Waals surface area contributed by atoms with E-state index in [-0.39, 0.29) is 17.7 Å². The van der Waals surface area contributed by atoms with Gasteiger partial charge in [0.2, 0.25) is 5.95 Å². The second kappa shape index (κ2) is 6.67. The molecule has 1 aliphatic carbocycles. The van der Waals surface area contributed by atoms with Gasteiger partial charge in [-0.3, -0.25) is 9.36 Å². The number of carbonyl (C=O) groups is 1. The number of aromatic nitrogens is 2. The van der Waals surface area contributed by atoms with Gasteiger partial charge in [-0.2, -0.15) is 0 Å². The number of Topliss-reactive ketones (excluding diaryl/α,β-unsaturated/α-hetero) is 1. The molecule has 0 fully saturated rings. The number of aryl methyl sites for hydroxylation is 1. The number of ketones is 1. The van der Waals surface area contributed by atoms with Crippen molar-refractivity contribution in [2.75, 3.05) is 5.32 Å². The minimum atomic E-state index is -0.116. The summed E-state index contributed by atoms with van der Waals surface area (Å²) in [5.41, 5.74) is 6.40. The van der Waals surface area contributed by atoms with Gasteiger partial charge in [0.05, 0.1) is 11.0 Å². The molecule has 0 radical (unpaired) electrons. The zero-order chi connectivity index (χ0) is 20.2. The van der Waals surface area contributed by atoms with Gasteiger partial charge in [-0.1, -0.05) is 48.0 Å². The van der Waals surface area contributed by atoms with Gasteiger partial charge >= 0.3 is 0 Å². The van der Waals surface area contributed by atoms with Gasteiger partial charge in [-0.25, -0.2) is 4.98 Å². The van der Waals surface area contributed by atoms with E-state index < -0.39 is 0 Å². The van der Waals surface area contributed by atoms with Crippen molar-refractivity contribution < 1.29 is 4.79 Å². The summed E-state index contributed by atoms with van der Waals surface area (Å²) in [5.74, 6) is 1.26. The Morgan fingerprint density at radius 3 is 2.67 bits per heavy atom. The number of anilines is 1. The summed E-state index contributed by atoms with van der Waals surface area (Å²) >= 11 is 1.70. The molecule has 0 unspecified atom stereocenters. The third-order valence-electron chi connectivity index (χ3n) is 6.26. The zero-order valence-electron chi connectivity index (χ0n) is 16.6. The Morgan fingerprint density at radius 1 is 1.03 bits per heavy atom. The molecule has 0 amide bonds. The number of allylic oxidation sites excluding steroid dienone is 2. The molecule has 0 saturated heterocycles. The summed E-state index contributed by atoms with van der Waals surface area (Å²) in [5, 5.41) is 5.62. The number of carbonyl (C=O) groups excluding carboxylic acids is 1. The van der Waals surface area contributed by atoms with Crippen LogP contribution in [0.15, 0.2) is 77.3 Å². The SMILES string of the molecule is Cc1ccc([C@@H]2CC(=O)C3=C(C2)Nc2nc4ccccc4n2[C@H]3c2cccs2)cc1. The predicted molar refractivity (Wildman–Crippen MR) is 121 cm³/mol. The second-order valence-corrected chi connectivity index (χ2v) is 9.15. The van der Waals surface area contributed by atoms with Crippen molar-refractivity contribution in [1.82, 2.24) is 9.55 Å². The van der Waals surface area contributed by atoms with E-state index in [1.54, 1.807) is 11.3 Å². The number of imidazole rings is 1. The van der Waals surface area contributed by atoms with Crippen LogP contribution in [0.2, 0.25) is 0 Å². The highest BCUT2D eigenvalue weighted by molar-refractivity contribution is 7.10. The van der Waals surface area contributed by atoms with E-state index >= 15 is 0 Å². The molecular formula is C25H21N3OS. The zero-order valence-corrected chi connectivity index (χ0v) is 17.4. The largest absolute Gasteiger partial charge is 0.329 e. The summed E-state index contributed by atoms with van der Waals surface area (Å²) in [6.45, 7) is 2.09. The van der Waals surface area contributed by atoms with Crippen LogP contribution in [0.25, 0.3) is 11.0 Å². The molecule has 1 N–H and O–H groups in total. The van der Waals surface area contributed by atoms with E-state index in [1.165, 1.54) is 16.0 Å². The molecule has 2 aliphatic rings. The van der Waals surface area contributed by atoms with Crippen molar-refractivity contribution in [3.8, 4) is 0 Å². The fourth-order valence-corrected chi connectivity index (χ4v) is 5.64. The molecule has 4 aromatic rings. The van der Waals surface area contributed by atoms with Crippen LogP contribution >= 0.6 is 11.3 Å². The minimum Gasteiger partial charge on any atom is -0.329 e. The van der Waals surface area contributed by atoms with E-state index in [0.717, 1.165) is 34.7 Å². The van der Waals surface area contributed by atoms with Crippen molar-refractivity contribution in [2.24, 2.45) is 0 Å². The fraction of sp³-hybridized carbons (Fsp3) is 0.200. The molecule has 4 nitrogen and oxygen atoms in total. The predicted octanol–water partition coefficient (Wildman–Crippen LogP) is 5.82. The van der Waals surface area contributed by atoms with Gasteiger partial charge in [-0.05, 0) is 48.4 Å². The first kappa shape index (κ1) is 17.7. The number of nitrogens with one attached hydrogen (secondary N) is 1. The molecule has 2 atom stereocenters. The smallest absolute Gasteiger partial charge is 0.209 e. The van der Waals surface area contributed by atoms with Gasteiger partial charge in [0.1, 0.15) is 6.04 Å². The van der Waals surface area contributed by atoms with E-state index in [0.29, 0.717) is 6.42 Å². The lowest BCUT2D eigenvalue weighted by Crippen LogP contribution is -2.32. The summed E-state index contributed by atoms with van der Waals surface area (Å²) < 4.78 is 2.20. The Kier molecular flexibility index (Phi) is 3.93. The minimum absolute atomic E-state index is 0.116. The summed E-state index contributed by atoms with van der Waals surface area (Å²) in [7, 11) is 0. The normalized spacial score (nSPS) is 20.8. The standard InChI is InChI=1S/C25H21N3OS/c1-15-8-10-16(11-9-15)17-13-19-23(21(29)14-17)24(22-7-4-12-30-22)28-20-6-3-2-5-18(20)26-25(28)27-19/h2-12,17,24H,13-14H2,1H3,(H,26,27)/t17-,24-/m0/s1. The molecule has 3 heterocycles. The molecule has 0 bridgehead atoms. The lowest BCUT2D eigenvalue weighted by atomic mass is 9.78. The topological polar surface area (TPSA) is 46.9 Å². The molecule has 0 saturated carbocycles. The number of hydrogen-bond acceptors (Lipinski definition) is 4. The van der Waals surface area contributed by atoms with E-state index in [9.17, 15) is 4.79 Å². The van der Waals surface area contributed by atoms with E-state index in [1.807, 2.05) is 18.2 Å². The fourth-order valence-electron chi connectivity index (χ4n) is 4.82. The molecule has 1 aliphatic heterocycles. The van der Waals surface area contributed by atoms with Crippen molar-refractivity contribution >= 4 is 34.1 Å². The molecule has 5 heteroatoms. The van der Waals surface area contributed by atoms with Crippen LogP contribution in [0, 0.1) is 6.92 Å². The van der Waals surface area contributed by atoms with Crippen LogP contribution in [-0.2, 0) is 4.79 Å². The molecule has 2 aromatic carbocycles. The second-order valence-electron chi connectivity index (χ2n) is 8.17. The number of nitrogens with zero attached hydrogens (tertiary/aromatic N) is 2. The first-order valence-electron chi connectivity index (χ1n) is 10.3. The van der Waals surface area contributed by atoms with Gasteiger partial charge in [0, 0.05) is 22.6 Å². The highest BCUT2D eigenvalue weighted by Crippen LogP contribution is 2.46. The molecule has 6 rings (SSSR count). The van der Waals surface area contributed by atoms with Gasteiger partial charge in [-0.15, -0.1) is 11.3 Å². The maximum Gasteiger partial charge on any atom is 0.209 e. The first-order valence-corrected chi connectivity index (χ1v) is 11.2. The quantitative estimate of drug-likeness (QED) is 0.452. The van der Waals surface area contributed by atoms with Crippen LogP contribution in [0.5, 0.6) is 0 Å². The Morgan fingerprint density at radius 2 is 1.87 bits per heavy atom. The number of thiophene rings is 1. The lowest BCUT2D eigenvalue weighted by Gasteiger charge is -2.36. The third kappa shape index (κ3) is 2.66. The molecule has 148 valence electrons. The highest BCUT2D eigenvalue weighted by Gasteiger charge is 2.39. The summed E-state index contributed by atoms with van der Waals surface area (Å²) in [4.78, 5) is 19.6. The molecule has 30 heavy (non-hydrogen) atoms. The molecule has 2 aromatic heterocycles. The number of fused-ring (bicyclic) bond motifs is 3. The third-order valence-corrected chi connectivity index (χ3v) is 7.18. The van der Waals surface area contributed by atoms with Crippen LogP contribution in [0.1, 0.15) is 40.8 Å². The summed E-state index contributed by atoms with van der Waals surface area (Å²) in [6, 6.07) is 20.8. The Balaban J connectivity index is 1.50. The Labute approximate surface area is 178 Å². The maximum atomic E-state index is 13.5. The van der Waals surface area contributed by atoms with Gasteiger partial charge in [0.15, 0.2) is 5.78 Å². The maximum absolute atomic E-state index is 13.5. The summed E-state index contributed by atoms with van der Waals surface area (Å²) in [6.07, 6.45) is 1.38. The molecule has 0 spiro atoms. The monoisotopic (exact) mass is 411 g/mol. The van der Waals surface area contributed by atoms with Crippen LogP contribution in [-0.4, -0.2) is 15.3 Å². The van der Waals surface area contributed by atoms with Gasteiger partial charge < -0.3 is 5.32 Å². The average Bonchev–Trinajstić information content (AvgIpc) is 3.40. The Hall–Kier alpha value is -3.18. The van der Waals surface area contributed by atoms with Crippen molar-refractivity contribution in [1.29, 1.82) is 0 Å².